The monoisotopic (exact) mass is 311 g/mol. The number of carbonyl (C=O) groups excluding carboxylic acids is 1. The van der Waals surface area contributed by atoms with E-state index in [0.29, 0.717) is 11.3 Å². The predicted molar refractivity (Wildman–Crippen MR) is 85.8 cm³/mol. The predicted octanol–water partition coefficient (Wildman–Crippen LogP) is 3.90. The summed E-state index contributed by atoms with van der Waals surface area (Å²) in [6, 6.07) is 5.66. The van der Waals surface area contributed by atoms with Gasteiger partial charge in [0, 0.05) is 18.7 Å². The Morgan fingerprint density at radius 3 is 2.35 bits per heavy atom. The van der Waals surface area contributed by atoms with Gasteiger partial charge in [-0.3, -0.25) is 4.79 Å². The summed E-state index contributed by atoms with van der Waals surface area (Å²) in [6.07, 6.45) is 4.87. The van der Waals surface area contributed by atoms with Gasteiger partial charge < -0.3 is 4.90 Å². The molecule has 5 heteroatoms. The zero-order valence-electron chi connectivity index (χ0n) is 11.3. The van der Waals surface area contributed by atoms with Gasteiger partial charge in [-0.2, -0.15) is 0 Å². The Labute approximate surface area is 128 Å². The van der Waals surface area contributed by atoms with Crippen LogP contribution in [-0.4, -0.2) is 33.8 Å². The molecule has 0 aliphatic carbocycles. The van der Waals surface area contributed by atoms with Crippen LogP contribution < -0.4 is 0 Å². The lowest BCUT2D eigenvalue weighted by molar-refractivity contribution is 0.102. The average Bonchev–Trinajstić information content (AvgIpc) is 2.74. The van der Waals surface area contributed by atoms with Gasteiger partial charge in [-0.1, -0.05) is 36.8 Å². The van der Waals surface area contributed by atoms with Gasteiger partial charge in [0.25, 0.3) is 0 Å². The Morgan fingerprint density at radius 2 is 1.75 bits per heavy atom. The van der Waals surface area contributed by atoms with Crippen molar-refractivity contribution in [3.05, 3.63) is 35.6 Å². The van der Waals surface area contributed by atoms with Crippen molar-refractivity contribution in [2.75, 3.05) is 18.8 Å². The van der Waals surface area contributed by atoms with Crippen LogP contribution >= 0.6 is 24.0 Å². The molecule has 0 aromatic heterocycles. The minimum absolute atomic E-state index is 0.00725. The second-order valence-electron chi connectivity index (χ2n) is 4.89. The van der Waals surface area contributed by atoms with Gasteiger partial charge in [-0.05, 0) is 37.1 Å². The molecule has 1 heterocycles. The molecule has 0 spiro atoms. The lowest BCUT2D eigenvalue weighted by atomic mass is 10.1. The molecule has 1 fully saturated rings. The smallest absolute Gasteiger partial charge is 0.173 e. The Balaban J connectivity index is 1.83. The van der Waals surface area contributed by atoms with Crippen LogP contribution in [0.2, 0.25) is 0 Å². The highest BCUT2D eigenvalue weighted by atomic mass is 32.2. The first-order valence-electron chi connectivity index (χ1n) is 6.87. The van der Waals surface area contributed by atoms with Crippen molar-refractivity contribution >= 4 is 34.1 Å². The standard InChI is InChI=1S/C15H18FNOS2/c16-13-7-5-12(6-8-13)14(18)11-20-15(19)17-9-3-1-2-4-10-17/h5-8H,1-4,9-11H2. The van der Waals surface area contributed by atoms with E-state index in [2.05, 4.69) is 4.90 Å². The summed E-state index contributed by atoms with van der Waals surface area (Å²) in [5.41, 5.74) is 0.539. The number of thioether (sulfide) groups is 1. The van der Waals surface area contributed by atoms with Crippen molar-refractivity contribution in [1.82, 2.24) is 4.90 Å². The largest absolute Gasteiger partial charge is 0.358 e. The SMILES string of the molecule is O=C(CSC(=S)N1CCCCCC1)c1ccc(F)cc1. The Bertz CT molecular complexity index is 467. The molecule has 1 aromatic rings. The first kappa shape index (κ1) is 15.4. The number of carbonyl (C=O) groups is 1. The van der Waals surface area contributed by atoms with Gasteiger partial charge in [0.15, 0.2) is 5.78 Å². The van der Waals surface area contributed by atoms with Crippen LogP contribution in [0.15, 0.2) is 24.3 Å². The second kappa shape index (κ2) is 7.74. The van der Waals surface area contributed by atoms with E-state index in [4.69, 9.17) is 12.2 Å². The molecule has 0 amide bonds. The summed E-state index contributed by atoms with van der Waals surface area (Å²) in [5.74, 6) is -0.0116. The number of halogens is 1. The van der Waals surface area contributed by atoms with Crippen molar-refractivity contribution in [3.8, 4) is 0 Å². The van der Waals surface area contributed by atoms with Crippen LogP contribution in [0.25, 0.3) is 0 Å². The quantitative estimate of drug-likeness (QED) is 0.623. The highest BCUT2D eigenvalue weighted by molar-refractivity contribution is 8.23. The van der Waals surface area contributed by atoms with E-state index in [1.807, 2.05) is 0 Å². The maximum atomic E-state index is 12.8. The van der Waals surface area contributed by atoms with Crippen molar-refractivity contribution in [3.63, 3.8) is 0 Å². The maximum Gasteiger partial charge on any atom is 0.173 e. The van der Waals surface area contributed by atoms with Crippen molar-refractivity contribution in [2.24, 2.45) is 0 Å². The molecule has 1 aliphatic rings. The van der Waals surface area contributed by atoms with Crippen molar-refractivity contribution in [1.29, 1.82) is 0 Å². The van der Waals surface area contributed by atoms with Crippen LogP contribution in [0, 0.1) is 5.82 Å². The molecule has 0 unspecified atom stereocenters. The fourth-order valence-electron chi connectivity index (χ4n) is 2.19. The van der Waals surface area contributed by atoms with E-state index in [9.17, 15) is 9.18 Å². The number of ketones is 1. The average molecular weight is 311 g/mol. The van der Waals surface area contributed by atoms with Gasteiger partial charge in [-0.15, -0.1) is 0 Å². The summed E-state index contributed by atoms with van der Waals surface area (Å²) >= 11 is 6.81. The summed E-state index contributed by atoms with van der Waals surface area (Å²) in [6.45, 7) is 1.99. The Kier molecular flexibility index (Phi) is 5.98. The normalized spacial score (nSPS) is 15.8. The maximum absolute atomic E-state index is 12.8. The number of thiocarbonyl (C=S) groups is 1. The molecule has 2 rings (SSSR count). The Hall–Kier alpha value is -0.940. The van der Waals surface area contributed by atoms with E-state index in [1.165, 1.54) is 61.7 Å². The molecule has 1 aliphatic heterocycles. The zero-order chi connectivity index (χ0) is 14.4. The third-order valence-corrected chi connectivity index (χ3v) is 4.88. The molecular weight excluding hydrogens is 293 g/mol. The van der Waals surface area contributed by atoms with E-state index >= 15 is 0 Å². The van der Waals surface area contributed by atoms with E-state index < -0.39 is 0 Å². The van der Waals surface area contributed by atoms with Gasteiger partial charge in [0.2, 0.25) is 0 Å². The molecular formula is C15H18FNOS2. The summed E-state index contributed by atoms with van der Waals surface area (Å²) in [7, 11) is 0. The number of benzene rings is 1. The minimum Gasteiger partial charge on any atom is -0.358 e. The summed E-state index contributed by atoms with van der Waals surface area (Å²) in [4.78, 5) is 14.2. The second-order valence-corrected chi connectivity index (χ2v) is 6.50. The zero-order valence-corrected chi connectivity index (χ0v) is 12.9. The fraction of sp³-hybridized carbons (Fsp3) is 0.467. The van der Waals surface area contributed by atoms with Crippen LogP contribution in [0.4, 0.5) is 4.39 Å². The van der Waals surface area contributed by atoms with Gasteiger partial charge in [0.05, 0.1) is 5.75 Å². The molecule has 1 saturated heterocycles. The number of hydrogen-bond donors (Lipinski definition) is 0. The highest BCUT2D eigenvalue weighted by Gasteiger charge is 2.14. The Morgan fingerprint density at radius 1 is 1.15 bits per heavy atom. The number of rotatable bonds is 3. The molecule has 1 aromatic carbocycles. The molecule has 0 bridgehead atoms. The first-order chi connectivity index (χ1) is 9.66. The minimum atomic E-state index is -0.325. The number of likely N-dealkylation sites (tertiary alicyclic amines) is 1. The fourth-order valence-corrected chi connectivity index (χ4v) is 3.34. The molecule has 0 radical (unpaired) electrons. The topological polar surface area (TPSA) is 20.3 Å². The van der Waals surface area contributed by atoms with Crippen LogP contribution in [0.5, 0.6) is 0 Å². The summed E-state index contributed by atoms with van der Waals surface area (Å²) < 4.78 is 13.6. The van der Waals surface area contributed by atoms with Crippen LogP contribution in [0.3, 0.4) is 0 Å². The van der Waals surface area contributed by atoms with Gasteiger partial charge in [-0.25, -0.2) is 4.39 Å². The third-order valence-electron chi connectivity index (χ3n) is 3.36. The van der Waals surface area contributed by atoms with Crippen molar-refractivity contribution < 1.29 is 9.18 Å². The van der Waals surface area contributed by atoms with Crippen LogP contribution in [-0.2, 0) is 0 Å². The lowest BCUT2D eigenvalue weighted by Gasteiger charge is -2.22. The molecule has 0 atom stereocenters. The molecule has 0 saturated carbocycles. The first-order valence-corrected chi connectivity index (χ1v) is 8.26. The van der Waals surface area contributed by atoms with Crippen molar-refractivity contribution in [2.45, 2.75) is 25.7 Å². The molecule has 20 heavy (non-hydrogen) atoms. The lowest BCUT2D eigenvalue weighted by Crippen LogP contribution is -2.28. The number of hydrogen-bond acceptors (Lipinski definition) is 3. The number of nitrogens with zero attached hydrogens (tertiary/aromatic N) is 1. The van der Waals surface area contributed by atoms with E-state index in [0.717, 1.165) is 17.4 Å². The molecule has 108 valence electrons. The third kappa shape index (κ3) is 4.56. The number of Topliss-reactive ketones (excluding diaryl/α,β-unsaturated/α-hetero) is 1. The van der Waals surface area contributed by atoms with Gasteiger partial charge >= 0.3 is 0 Å². The highest BCUT2D eigenvalue weighted by Crippen LogP contribution is 2.17. The van der Waals surface area contributed by atoms with Gasteiger partial charge in [0.1, 0.15) is 10.1 Å². The van der Waals surface area contributed by atoms with E-state index in [-0.39, 0.29) is 11.6 Å². The van der Waals surface area contributed by atoms with Crippen LogP contribution in [0.1, 0.15) is 36.0 Å². The molecule has 2 nitrogen and oxygen atoms in total. The van der Waals surface area contributed by atoms with E-state index in [1.54, 1.807) is 0 Å². The summed E-state index contributed by atoms with van der Waals surface area (Å²) in [5, 5.41) is 0. The molecule has 0 N–H and O–H groups in total.